The molecule has 164 valence electrons. The highest BCUT2D eigenvalue weighted by atomic mass is 35.7. The number of aromatic nitrogens is 4. The summed E-state index contributed by atoms with van der Waals surface area (Å²) in [6.07, 6.45) is 5.63. The molecule has 0 atom stereocenters. The summed E-state index contributed by atoms with van der Waals surface area (Å²) in [7, 11) is 2.67. The average molecular weight is 495 g/mol. The minimum atomic E-state index is -4.24. The van der Waals surface area contributed by atoms with E-state index < -0.39 is 28.4 Å². The van der Waals surface area contributed by atoms with Crippen LogP contribution in [0.15, 0.2) is 10.3 Å². The second-order valence-electron chi connectivity index (χ2n) is 7.33. The Morgan fingerprint density at radius 2 is 0.900 bits per heavy atom. The molecule has 4 rings (SSSR count). The fourth-order valence-electron chi connectivity index (χ4n) is 3.82. The summed E-state index contributed by atoms with van der Waals surface area (Å²) in [5, 5.41) is -1.11. The molecule has 2 aliphatic heterocycles. The van der Waals surface area contributed by atoms with E-state index in [9.17, 15) is 16.8 Å². The largest absolute Gasteiger partial charge is 0.355 e. The van der Waals surface area contributed by atoms with E-state index in [1.54, 1.807) is 0 Å². The van der Waals surface area contributed by atoms with Gasteiger partial charge in [0.15, 0.2) is 11.6 Å². The molecule has 0 unspecified atom stereocenters. The minimum Gasteiger partial charge on any atom is -0.355 e. The normalized spacial score (nSPS) is 18.7. The Labute approximate surface area is 183 Å². The molecule has 14 heteroatoms. The predicted molar refractivity (Wildman–Crippen MR) is 113 cm³/mol. The number of hydrogen-bond acceptors (Lipinski definition) is 10. The quantitative estimate of drug-likeness (QED) is 0.460. The summed E-state index contributed by atoms with van der Waals surface area (Å²) >= 11 is 0. The van der Waals surface area contributed by atoms with Crippen molar-refractivity contribution >= 4 is 62.1 Å². The van der Waals surface area contributed by atoms with E-state index in [1.165, 1.54) is 0 Å². The molecule has 30 heavy (non-hydrogen) atoms. The van der Waals surface area contributed by atoms with Gasteiger partial charge in [0.25, 0.3) is 28.4 Å². The summed E-state index contributed by atoms with van der Waals surface area (Å²) in [6.45, 7) is 2.50. The third-order valence-corrected chi connectivity index (χ3v) is 7.28. The van der Waals surface area contributed by atoms with E-state index in [2.05, 4.69) is 19.9 Å². The standard InChI is InChI=1S/C16H20Cl2N6O4S2/c17-29(25,26)15-20-12-11(13(21-15)23-7-3-1-4-8-23)19-16(30(18,27)28)22-14(12)24-9-5-2-6-10-24/h1-10H2. The lowest BCUT2D eigenvalue weighted by Crippen LogP contribution is -2.33. The third kappa shape index (κ3) is 4.41. The number of nitrogens with zero attached hydrogens (tertiary/aromatic N) is 6. The number of fused-ring (bicyclic) bond motifs is 1. The van der Waals surface area contributed by atoms with Crippen molar-refractivity contribution in [1.29, 1.82) is 0 Å². The number of anilines is 2. The van der Waals surface area contributed by atoms with Crippen LogP contribution < -0.4 is 9.80 Å². The first-order valence-corrected chi connectivity index (χ1v) is 14.3. The van der Waals surface area contributed by atoms with E-state index >= 15 is 0 Å². The highest BCUT2D eigenvalue weighted by molar-refractivity contribution is 8.13. The second-order valence-corrected chi connectivity index (χ2v) is 12.2. The molecule has 4 heterocycles. The molecule has 0 N–H and O–H groups in total. The van der Waals surface area contributed by atoms with Crippen LogP contribution in [-0.4, -0.2) is 63.0 Å². The molecule has 2 aromatic rings. The predicted octanol–water partition coefficient (Wildman–Crippen LogP) is 2.26. The molecular weight excluding hydrogens is 475 g/mol. The van der Waals surface area contributed by atoms with Crippen molar-refractivity contribution in [2.75, 3.05) is 36.0 Å². The van der Waals surface area contributed by atoms with Crippen LogP contribution in [0.3, 0.4) is 0 Å². The van der Waals surface area contributed by atoms with Crippen molar-refractivity contribution < 1.29 is 16.8 Å². The SMILES string of the molecule is O=S(=O)(Cl)c1nc(N2CCCCC2)c2nc(S(=O)(=O)Cl)nc(N3CCCCC3)c2n1. The van der Waals surface area contributed by atoms with Gasteiger partial charge in [-0.05, 0) is 38.5 Å². The number of piperidine rings is 2. The summed E-state index contributed by atoms with van der Waals surface area (Å²) in [5.74, 6) is 0.447. The molecule has 0 saturated carbocycles. The van der Waals surface area contributed by atoms with E-state index in [0.717, 1.165) is 38.5 Å². The van der Waals surface area contributed by atoms with Gasteiger partial charge in [-0.1, -0.05) is 0 Å². The fourth-order valence-corrected chi connectivity index (χ4v) is 5.02. The molecule has 2 aliphatic rings. The Hall–Kier alpha value is -1.50. The zero-order chi connectivity index (χ0) is 21.5. The molecule has 2 aromatic heterocycles. The van der Waals surface area contributed by atoms with Crippen molar-refractivity contribution in [2.45, 2.75) is 48.8 Å². The molecule has 0 aliphatic carbocycles. The van der Waals surface area contributed by atoms with Crippen molar-refractivity contribution in [2.24, 2.45) is 0 Å². The summed E-state index contributed by atoms with van der Waals surface area (Å²) in [6, 6.07) is 0. The van der Waals surface area contributed by atoms with E-state index in [0.29, 0.717) is 26.2 Å². The fraction of sp³-hybridized carbons (Fsp3) is 0.625. The van der Waals surface area contributed by atoms with Crippen LogP contribution >= 0.6 is 21.4 Å². The molecule has 10 nitrogen and oxygen atoms in total. The highest BCUT2D eigenvalue weighted by Crippen LogP contribution is 2.34. The van der Waals surface area contributed by atoms with Gasteiger partial charge >= 0.3 is 0 Å². The minimum absolute atomic E-state index is 0.149. The van der Waals surface area contributed by atoms with Gasteiger partial charge < -0.3 is 9.80 Å². The van der Waals surface area contributed by atoms with Crippen molar-refractivity contribution in [3.05, 3.63) is 0 Å². The first-order chi connectivity index (χ1) is 14.1. The van der Waals surface area contributed by atoms with Gasteiger partial charge in [0.1, 0.15) is 11.0 Å². The van der Waals surface area contributed by atoms with E-state index in [-0.39, 0.29) is 22.7 Å². The number of halogens is 2. The second kappa shape index (κ2) is 8.21. The maximum absolute atomic E-state index is 12.1. The molecule has 2 saturated heterocycles. The molecule has 0 radical (unpaired) electrons. The van der Waals surface area contributed by atoms with Crippen LogP contribution in [0.2, 0.25) is 0 Å². The van der Waals surface area contributed by atoms with Gasteiger partial charge in [-0.3, -0.25) is 0 Å². The van der Waals surface area contributed by atoms with Crippen molar-refractivity contribution in [3.8, 4) is 0 Å². The van der Waals surface area contributed by atoms with Gasteiger partial charge in [0.2, 0.25) is 0 Å². The number of hydrogen-bond donors (Lipinski definition) is 0. The Balaban J connectivity index is 2.05. The zero-order valence-corrected chi connectivity index (χ0v) is 19.1. The van der Waals surface area contributed by atoms with Crippen LogP contribution in [0.25, 0.3) is 11.0 Å². The van der Waals surface area contributed by atoms with Gasteiger partial charge in [-0.25, -0.2) is 26.8 Å². The molecule has 0 spiro atoms. The Morgan fingerprint density at radius 1 is 0.567 bits per heavy atom. The lowest BCUT2D eigenvalue weighted by molar-refractivity contribution is 0.566. The molecular formula is C16H20Cl2N6O4S2. The lowest BCUT2D eigenvalue weighted by atomic mass is 10.1. The summed E-state index contributed by atoms with van der Waals surface area (Å²) in [5.41, 5.74) is 0.298. The van der Waals surface area contributed by atoms with Crippen LogP contribution in [0.1, 0.15) is 38.5 Å². The highest BCUT2D eigenvalue weighted by Gasteiger charge is 2.29. The summed E-state index contributed by atoms with van der Waals surface area (Å²) in [4.78, 5) is 20.3. The zero-order valence-electron chi connectivity index (χ0n) is 16.0. The Morgan fingerprint density at radius 3 is 1.20 bits per heavy atom. The topological polar surface area (TPSA) is 126 Å². The monoisotopic (exact) mass is 494 g/mol. The van der Waals surface area contributed by atoms with Crippen LogP contribution in [0, 0.1) is 0 Å². The maximum atomic E-state index is 12.1. The van der Waals surface area contributed by atoms with Gasteiger partial charge in [0, 0.05) is 47.5 Å². The molecule has 2 fully saturated rings. The van der Waals surface area contributed by atoms with Gasteiger partial charge in [-0.2, -0.15) is 9.97 Å². The van der Waals surface area contributed by atoms with E-state index in [1.807, 2.05) is 9.80 Å². The Kier molecular flexibility index (Phi) is 5.94. The Bertz CT molecular complexity index is 1090. The van der Waals surface area contributed by atoms with Crippen LogP contribution in [-0.2, 0) is 18.1 Å². The average Bonchev–Trinajstić information content (AvgIpc) is 2.72. The molecule has 0 bridgehead atoms. The van der Waals surface area contributed by atoms with Gasteiger partial charge in [-0.15, -0.1) is 0 Å². The lowest BCUT2D eigenvalue weighted by Gasteiger charge is -2.30. The van der Waals surface area contributed by atoms with Crippen LogP contribution in [0.5, 0.6) is 0 Å². The smallest absolute Gasteiger partial charge is 0.296 e. The molecule has 0 amide bonds. The number of rotatable bonds is 4. The van der Waals surface area contributed by atoms with Crippen molar-refractivity contribution in [1.82, 2.24) is 19.9 Å². The van der Waals surface area contributed by atoms with Crippen molar-refractivity contribution in [3.63, 3.8) is 0 Å². The van der Waals surface area contributed by atoms with Crippen LogP contribution in [0.4, 0.5) is 11.6 Å². The first-order valence-electron chi connectivity index (χ1n) is 9.63. The van der Waals surface area contributed by atoms with E-state index in [4.69, 9.17) is 21.4 Å². The summed E-state index contributed by atoms with van der Waals surface area (Å²) < 4.78 is 48.3. The molecule has 0 aromatic carbocycles. The third-order valence-electron chi connectivity index (χ3n) is 5.21. The van der Waals surface area contributed by atoms with Gasteiger partial charge in [0.05, 0.1) is 0 Å². The maximum Gasteiger partial charge on any atom is 0.296 e. The first kappa shape index (κ1) is 21.7.